The highest BCUT2D eigenvalue weighted by Crippen LogP contribution is 2.31. The van der Waals surface area contributed by atoms with Crippen molar-refractivity contribution in [2.45, 2.75) is 38.0 Å². The summed E-state index contributed by atoms with van der Waals surface area (Å²) in [6.45, 7) is 2.54. The first kappa shape index (κ1) is 24.3. The van der Waals surface area contributed by atoms with Gasteiger partial charge in [0.05, 0.1) is 55.4 Å². The van der Waals surface area contributed by atoms with Crippen LogP contribution < -0.4 is 10.1 Å². The monoisotopic (exact) mass is 515 g/mol. The number of carbonyl (C=O) groups is 1. The SMILES string of the molecule is O=C(O)C[C@H](c1cncc(C2OCCO2)c1)n1ncc2cc(OCCc3ccc4c(n3)CCCN4)ccc21. The number of hydrogen-bond acceptors (Lipinski definition) is 8. The van der Waals surface area contributed by atoms with E-state index in [-0.39, 0.29) is 6.42 Å². The molecule has 2 N–H and O–H groups in total. The number of anilines is 1. The average Bonchev–Trinajstić information content (AvgIpc) is 3.62. The number of aromatic nitrogens is 4. The minimum atomic E-state index is -0.927. The number of nitrogens with one attached hydrogen (secondary N) is 1. The molecule has 0 spiro atoms. The molecule has 10 heteroatoms. The lowest BCUT2D eigenvalue weighted by Crippen LogP contribution is -2.17. The lowest BCUT2D eigenvalue weighted by Gasteiger charge is -2.19. The smallest absolute Gasteiger partial charge is 0.305 e. The molecular weight excluding hydrogens is 486 g/mol. The molecule has 2 aliphatic heterocycles. The van der Waals surface area contributed by atoms with Crippen LogP contribution in [0, 0.1) is 0 Å². The Labute approximate surface area is 219 Å². The highest BCUT2D eigenvalue weighted by molar-refractivity contribution is 5.81. The number of aryl methyl sites for hydroxylation is 1. The number of nitrogens with zero attached hydrogens (tertiary/aromatic N) is 4. The molecule has 6 rings (SSSR count). The van der Waals surface area contributed by atoms with E-state index in [1.807, 2.05) is 30.3 Å². The average molecular weight is 516 g/mol. The van der Waals surface area contributed by atoms with Crippen molar-refractivity contribution in [1.29, 1.82) is 0 Å². The van der Waals surface area contributed by atoms with Crippen LogP contribution in [0.3, 0.4) is 0 Å². The summed E-state index contributed by atoms with van der Waals surface area (Å²) in [7, 11) is 0. The summed E-state index contributed by atoms with van der Waals surface area (Å²) in [4.78, 5) is 20.9. The maximum Gasteiger partial charge on any atom is 0.305 e. The molecule has 0 radical (unpaired) electrons. The summed E-state index contributed by atoms with van der Waals surface area (Å²) >= 11 is 0. The van der Waals surface area contributed by atoms with Gasteiger partial charge in [0.1, 0.15) is 5.75 Å². The standard InChI is InChI=1S/C28H29N5O5/c34-27(35)14-26(18-12-20(16-29-15-18)28-37-10-11-38-28)33-25-6-4-22(13-19(25)17-31-33)36-9-7-21-3-5-23-24(32-21)2-1-8-30-23/h3-6,12-13,15-17,26,28,30H,1-2,7-11,14H2,(H,34,35)/t26-/m1/s1. The summed E-state index contributed by atoms with van der Waals surface area (Å²) in [5.41, 5.74) is 5.57. The Hall–Kier alpha value is -4.02. The molecule has 196 valence electrons. The second-order valence-electron chi connectivity index (χ2n) is 9.47. The number of rotatable bonds is 9. The molecular formula is C28H29N5O5. The first-order chi connectivity index (χ1) is 18.6. The van der Waals surface area contributed by atoms with Gasteiger partial charge in [-0.1, -0.05) is 0 Å². The molecule has 1 saturated heterocycles. The molecule has 2 aliphatic rings. The number of benzene rings is 1. The lowest BCUT2D eigenvalue weighted by atomic mass is 10.0. The van der Waals surface area contributed by atoms with E-state index in [0.717, 1.165) is 64.2 Å². The van der Waals surface area contributed by atoms with Gasteiger partial charge in [-0.3, -0.25) is 19.4 Å². The van der Waals surface area contributed by atoms with Gasteiger partial charge in [-0.25, -0.2) is 0 Å². The van der Waals surface area contributed by atoms with Crippen molar-refractivity contribution in [3.8, 4) is 5.75 Å². The normalized spacial score (nSPS) is 16.2. The van der Waals surface area contributed by atoms with Crippen LogP contribution >= 0.6 is 0 Å². The maximum absolute atomic E-state index is 11.8. The Bertz CT molecular complexity index is 1450. The third-order valence-corrected chi connectivity index (χ3v) is 6.85. The first-order valence-corrected chi connectivity index (χ1v) is 12.9. The van der Waals surface area contributed by atoms with Crippen LogP contribution in [0.4, 0.5) is 5.69 Å². The number of carboxylic acid groups (broad SMARTS) is 1. The lowest BCUT2D eigenvalue weighted by molar-refractivity contribution is -0.137. The van der Waals surface area contributed by atoms with Crippen LogP contribution in [0.5, 0.6) is 5.75 Å². The minimum Gasteiger partial charge on any atom is -0.493 e. The van der Waals surface area contributed by atoms with Gasteiger partial charge in [-0.2, -0.15) is 5.10 Å². The fourth-order valence-electron chi connectivity index (χ4n) is 5.01. The molecule has 4 aromatic rings. The molecule has 0 unspecified atom stereocenters. The van der Waals surface area contributed by atoms with Gasteiger partial charge in [0.25, 0.3) is 0 Å². The Balaban J connectivity index is 1.19. The molecule has 38 heavy (non-hydrogen) atoms. The fraction of sp³-hybridized carbons (Fsp3) is 0.357. The van der Waals surface area contributed by atoms with E-state index < -0.39 is 18.3 Å². The van der Waals surface area contributed by atoms with E-state index >= 15 is 0 Å². The Morgan fingerprint density at radius 3 is 2.92 bits per heavy atom. The highest BCUT2D eigenvalue weighted by atomic mass is 16.7. The number of fused-ring (bicyclic) bond motifs is 2. The van der Waals surface area contributed by atoms with Gasteiger partial charge >= 0.3 is 5.97 Å². The van der Waals surface area contributed by atoms with E-state index in [4.69, 9.17) is 19.2 Å². The summed E-state index contributed by atoms with van der Waals surface area (Å²) in [6, 6.07) is 11.2. The zero-order valence-corrected chi connectivity index (χ0v) is 20.9. The van der Waals surface area contributed by atoms with Crippen molar-refractivity contribution in [1.82, 2.24) is 19.7 Å². The quantitative estimate of drug-likeness (QED) is 0.342. The van der Waals surface area contributed by atoms with Gasteiger partial charge in [0.2, 0.25) is 0 Å². The van der Waals surface area contributed by atoms with Crippen molar-refractivity contribution in [3.63, 3.8) is 0 Å². The highest BCUT2D eigenvalue weighted by Gasteiger charge is 2.24. The van der Waals surface area contributed by atoms with Crippen molar-refractivity contribution in [2.75, 3.05) is 31.7 Å². The Morgan fingerprint density at radius 2 is 2.05 bits per heavy atom. The summed E-state index contributed by atoms with van der Waals surface area (Å²) < 4.78 is 18.9. The Morgan fingerprint density at radius 1 is 1.16 bits per heavy atom. The minimum absolute atomic E-state index is 0.143. The van der Waals surface area contributed by atoms with Crippen molar-refractivity contribution < 1.29 is 24.1 Å². The van der Waals surface area contributed by atoms with E-state index in [0.29, 0.717) is 26.2 Å². The fourth-order valence-corrected chi connectivity index (χ4v) is 5.01. The molecule has 1 aromatic carbocycles. The molecule has 0 saturated carbocycles. The number of pyridine rings is 2. The third-order valence-electron chi connectivity index (χ3n) is 6.85. The van der Waals surface area contributed by atoms with Crippen LogP contribution in [0.2, 0.25) is 0 Å². The third kappa shape index (κ3) is 5.18. The second kappa shape index (κ2) is 10.8. The van der Waals surface area contributed by atoms with Crippen LogP contribution in [0.1, 0.15) is 47.7 Å². The topological polar surface area (TPSA) is 121 Å². The van der Waals surface area contributed by atoms with Crippen LogP contribution in [-0.4, -0.2) is 57.2 Å². The van der Waals surface area contributed by atoms with E-state index in [1.165, 1.54) is 0 Å². The predicted molar refractivity (Wildman–Crippen MR) is 139 cm³/mol. The number of carboxylic acids is 1. The van der Waals surface area contributed by atoms with E-state index in [1.54, 1.807) is 23.3 Å². The van der Waals surface area contributed by atoms with Crippen molar-refractivity contribution >= 4 is 22.6 Å². The van der Waals surface area contributed by atoms with Crippen molar-refractivity contribution in [3.05, 3.63) is 77.5 Å². The van der Waals surface area contributed by atoms with Crippen LogP contribution in [0.25, 0.3) is 10.9 Å². The van der Waals surface area contributed by atoms with E-state index in [9.17, 15) is 9.90 Å². The summed E-state index contributed by atoms with van der Waals surface area (Å²) in [6.07, 6.45) is 7.26. The largest absolute Gasteiger partial charge is 0.493 e. The Kier molecular flexibility index (Phi) is 6.89. The van der Waals surface area contributed by atoms with Gasteiger partial charge in [-0.05, 0) is 54.8 Å². The predicted octanol–water partition coefficient (Wildman–Crippen LogP) is 3.92. The van der Waals surface area contributed by atoms with Gasteiger partial charge < -0.3 is 24.6 Å². The molecule has 10 nitrogen and oxygen atoms in total. The van der Waals surface area contributed by atoms with Crippen LogP contribution in [-0.2, 0) is 27.1 Å². The molecule has 1 atom stereocenters. The zero-order valence-electron chi connectivity index (χ0n) is 20.9. The first-order valence-electron chi connectivity index (χ1n) is 12.9. The molecule has 3 aromatic heterocycles. The molecule has 1 fully saturated rings. The summed E-state index contributed by atoms with van der Waals surface area (Å²) in [5, 5.41) is 18.5. The van der Waals surface area contributed by atoms with Gasteiger partial charge in [0, 0.05) is 42.0 Å². The molecule has 0 bridgehead atoms. The number of aliphatic carboxylic acids is 1. The summed E-state index contributed by atoms with van der Waals surface area (Å²) in [5.74, 6) is -0.199. The molecule has 5 heterocycles. The van der Waals surface area contributed by atoms with Gasteiger partial charge in [-0.15, -0.1) is 0 Å². The zero-order chi connectivity index (χ0) is 25.9. The number of hydrogen-bond donors (Lipinski definition) is 2. The van der Waals surface area contributed by atoms with Crippen molar-refractivity contribution in [2.24, 2.45) is 0 Å². The molecule has 0 aliphatic carbocycles. The molecule has 0 amide bonds. The number of ether oxygens (including phenoxy) is 3. The maximum atomic E-state index is 11.8. The second-order valence-corrected chi connectivity index (χ2v) is 9.47. The van der Waals surface area contributed by atoms with Crippen LogP contribution in [0.15, 0.2) is 55.0 Å². The van der Waals surface area contributed by atoms with Gasteiger partial charge in [0.15, 0.2) is 6.29 Å². The van der Waals surface area contributed by atoms with E-state index in [2.05, 4.69) is 21.5 Å².